The fraction of sp³-hybridized carbons (Fsp3) is 0.353. The van der Waals surface area contributed by atoms with Gasteiger partial charge in [-0.25, -0.2) is 8.42 Å². The van der Waals surface area contributed by atoms with Crippen LogP contribution in [0.2, 0.25) is 0 Å². The molecule has 1 aromatic heterocycles. The normalized spacial score (nSPS) is 11.7. The summed E-state index contributed by atoms with van der Waals surface area (Å²) in [6.07, 6.45) is 0. The van der Waals surface area contributed by atoms with Crippen LogP contribution in [0.25, 0.3) is 0 Å². The minimum Gasteiger partial charge on any atom is -0.337 e. The molecule has 5 nitrogen and oxygen atoms in total. The Labute approximate surface area is 147 Å². The number of hydrogen-bond donors (Lipinski definition) is 0. The quantitative estimate of drug-likeness (QED) is 0.757. The van der Waals surface area contributed by atoms with Crippen molar-refractivity contribution in [2.45, 2.75) is 25.3 Å². The number of carbonyl (C=O) groups excluding carboxylic acids is 1. The van der Waals surface area contributed by atoms with E-state index in [9.17, 15) is 13.2 Å². The van der Waals surface area contributed by atoms with Gasteiger partial charge in [0, 0.05) is 18.5 Å². The van der Waals surface area contributed by atoms with Gasteiger partial charge in [-0.2, -0.15) is 4.31 Å². The molecule has 1 heterocycles. The molecular weight excluding hydrogens is 344 g/mol. The summed E-state index contributed by atoms with van der Waals surface area (Å²) in [5.41, 5.74) is 0.987. The Morgan fingerprint density at radius 2 is 1.83 bits per heavy atom. The average Bonchev–Trinajstić information content (AvgIpc) is 3.05. The van der Waals surface area contributed by atoms with Gasteiger partial charge in [-0.1, -0.05) is 23.8 Å². The molecule has 0 radical (unpaired) electrons. The molecule has 0 N–H and O–H groups in total. The SMILES string of the molecule is CCN(Cc1cccs1)C(=O)CN(C)S(=O)(=O)c1ccc(C)cc1. The van der Waals surface area contributed by atoms with Crippen LogP contribution in [-0.4, -0.2) is 43.7 Å². The maximum atomic E-state index is 12.6. The molecule has 0 saturated heterocycles. The number of rotatable bonds is 7. The highest BCUT2D eigenvalue weighted by Crippen LogP contribution is 2.16. The lowest BCUT2D eigenvalue weighted by molar-refractivity contribution is -0.131. The summed E-state index contributed by atoms with van der Waals surface area (Å²) in [6, 6.07) is 10.5. The van der Waals surface area contributed by atoms with Crippen LogP contribution in [0.5, 0.6) is 0 Å². The number of thiophene rings is 1. The lowest BCUT2D eigenvalue weighted by atomic mass is 10.2. The van der Waals surface area contributed by atoms with Gasteiger partial charge < -0.3 is 4.90 Å². The second-order valence-electron chi connectivity index (χ2n) is 5.56. The summed E-state index contributed by atoms with van der Waals surface area (Å²) in [5, 5.41) is 1.96. The minimum atomic E-state index is -3.67. The van der Waals surface area contributed by atoms with Crippen LogP contribution < -0.4 is 0 Å². The van der Waals surface area contributed by atoms with Crippen LogP contribution in [0, 0.1) is 6.92 Å². The Kier molecular flexibility index (Phi) is 6.15. The van der Waals surface area contributed by atoms with Crippen molar-refractivity contribution in [2.24, 2.45) is 0 Å². The lowest BCUT2D eigenvalue weighted by Crippen LogP contribution is -2.40. The molecule has 7 heteroatoms. The highest BCUT2D eigenvalue weighted by molar-refractivity contribution is 7.89. The Morgan fingerprint density at radius 1 is 1.17 bits per heavy atom. The summed E-state index contributed by atoms with van der Waals surface area (Å²) < 4.78 is 26.2. The van der Waals surface area contributed by atoms with Crippen molar-refractivity contribution in [3.05, 3.63) is 52.2 Å². The third kappa shape index (κ3) is 4.43. The van der Waals surface area contributed by atoms with Gasteiger partial charge in [0.25, 0.3) is 0 Å². The van der Waals surface area contributed by atoms with Crippen LogP contribution in [-0.2, 0) is 21.4 Å². The van der Waals surface area contributed by atoms with Crippen molar-refractivity contribution in [2.75, 3.05) is 20.1 Å². The van der Waals surface area contributed by atoms with E-state index in [0.717, 1.165) is 14.7 Å². The van der Waals surface area contributed by atoms with Crippen molar-refractivity contribution in [3.63, 3.8) is 0 Å². The first-order valence-corrected chi connectivity index (χ1v) is 9.99. The number of likely N-dealkylation sites (N-methyl/N-ethyl adjacent to an activating group) is 2. The van der Waals surface area contributed by atoms with E-state index in [-0.39, 0.29) is 17.3 Å². The van der Waals surface area contributed by atoms with Gasteiger partial charge in [0.05, 0.1) is 18.0 Å². The van der Waals surface area contributed by atoms with E-state index in [0.29, 0.717) is 13.1 Å². The molecule has 0 unspecified atom stereocenters. The molecule has 0 aliphatic rings. The van der Waals surface area contributed by atoms with E-state index >= 15 is 0 Å². The molecule has 0 saturated carbocycles. The Balaban J connectivity index is 2.07. The van der Waals surface area contributed by atoms with Crippen LogP contribution in [0.1, 0.15) is 17.4 Å². The summed E-state index contributed by atoms with van der Waals surface area (Å²) >= 11 is 1.58. The summed E-state index contributed by atoms with van der Waals surface area (Å²) in [4.78, 5) is 15.4. The smallest absolute Gasteiger partial charge is 0.243 e. The molecule has 0 spiro atoms. The third-order valence-electron chi connectivity index (χ3n) is 3.75. The van der Waals surface area contributed by atoms with Crippen molar-refractivity contribution >= 4 is 27.3 Å². The second-order valence-corrected chi connectivity index (χ2v) is 8.64. The standard InChI is InChI=1S/C17H22N2O3S2/c1-4-19(12-15-6-5-11-23-15)17(20)13-18(3)24(21,22)16-9-7-14(2)8-10-16/h5-11H,4,12-13H2,1-3H3. The Morgan fingerprint density at radius 3 is 2.38 bits per heavy atom. The average molecular weight is 367 g/mol. The topological polar surface area (TPSA) is 57.7 Å². The van der Waals surface area contributed by atoms with Crippen molar-refractivity contribution < 1.29 is 13.2 Å². The number of sulfonamides is 1. The monoisotopic (exact) mass is 366 g/mol. The zero-order chi connectivity index (χ0) is 17.7. The fourth-order valence-electron chi connectivity index (χ4n) is 2.23. The van der Waals surface area contributed by atoms with E-state index in [2.05, 4.69) is 0 Å². The third-order valence-corrected chi connectivity index (χ3v) is 6.43. The zero-order valence-corrected chi connectivity index (χ0v) is 15.7. The van der Waals surface area contributed by atoms with Gasteiger partial charge in [0.15, 0.2) is 0 Å². The highest BCUT2D eigenvalue weighted by Gasteiger charge is 2.24. The Hall–Kier alpha value is -1.70. The van der Waals surface area contributed by atoms with Crippen molar-refractivity contribution in [1.29, 1.82) is 0 Å². The molecular formula is C17H22N2O3S2. The minimum absolute atomic E-state index is 0.171. The Bertz CT molecular complexity index is 769. The molecule has 1 aromatic carbocycles. The molecule has 0 fully saturated rings. The maximum Gasteiger partial charge on any atom is 0.243 e. The molecule has 1 amide bonds. The van der Waals surface area contributed by atoms with Crippen molar-refractivity contribution in [1.82, 2.24) is 9.21 Å². The van der Waals surface area contributed by atoms with Gasteiger partial charge in [0.1, 0.15) is 0 Å². The number of amides is 1. The number of benzene rings is 1. The zero-order valence-electron chi connectivity index (χ0n) is 14.1. The highest BCUT2D eigenvalue weighted by atomic mass is 32.2. The van der Waals surface area contributed by atoms with Crippen LogP contribution in [0.4, 0.5) is 0 Å². The van der Waals surface area contributed by atoms with E-state index in [1.807, 2.05) is 31.4 Å². The van der Waals surface area contributed by atoms with Crippen molar-refractivity contribution in [3.8, 4) is 0 Å². The maximum absolute atomic E-state index is 12.6. The van der Waals surface area contributed by atoms with Crippen LogP contribution >= 0.6 is 11.3 Å². The van der Waals surface area contributed by atoms with Gasteiger partial charge in [-0.3, -0.25) is 4.79 Å². The van der Waals surface area contributed by atoms with Crippen LogP contribution in [0.3, 0.4) is 0 Å². The second kappa shape index (κ2) is 7.92. The molecule has 24 heavy (non-hydrogen) atoms. The number of nitrogens with zero attached hydrogens (tertiary/aromatic N) is 2. The van der Waals surface area contributed by atoms with E-state index < -0.39 is 10.0 Å². The van der Waals surface area contributed by atoms with E-state index in [4.69, 9.17) is 0 Å². The molecule has 0 atom stereocenters. The molecule has 0 bridgehead atoms. The van der Waals surface area contributed by atoms with Gasteiger partial charge in [-0.15, -0.1) is 11.3 Å². The molecule has 0 aliphatic heterocycles. The van der Waals surface area contributed by atoms with Gasteiger partial charge in [0.2, 0.25) is 15.9 Å². The largest absolute Gasteiger partial charge is 0.337 e. The first kappa shape index (κ1) is 18.6. The number of carbonyl (C=O) groups is 1. The summed E-state index contributed by atoms with van der Waals surface area (Å²) in [7, 11) is -2.23. The molecule has 2 rings (SSSR count). The van der Waals surface area contributed by atoms with E-state index in [1.54, 1.807) is 40.5 Å². The van der Waals surface area contributed by atoms with Gasteiger partial charge in [-0.05, 0) is 37.4 Å². The van der Waals surface area contributed by atoms with Crippen LogP contribution in [0.15, 0.2) is 46.7 Å². The predicted molar refractivity (Wildman–Crippen MR) is 96.4 cm³/mol. The summed E-state index contributed by atoms with van der Waals surface area (Å²) in [5.74, 6) is -0.205. The first-order valence-electron chi connectivity index (χ1n) is 7.67. The van der Waals surface area contributed by atoms with Gasteiger partial charge >= 0.3 is 0 Å². The first-order chi connectivity index (χ1) is 11.3. The molecule has 2 aromatic rings. The lowest BCUT2D eigenvalue weighted by Gasteiger charge is -2.24. The number of aryl methyl sites for hydroxylation is 1. The molecule has 130 valence electrons. The summed E-state index contributed by atoms with van der Waals surface area (Å²) in [6.45, 7) is 4.66. The van der Waals surface area contributed by atoms with E-state index in [1.165, 1.54) is 7.05 Å². The molecule has 0 aliphatic carbocycles. The predicted octanol–water partition coefficient (Wildman–Crippen LogP) is 2.73. The fourth-order valence-corrected chi connectivity index (χ4v) is 4.07. The number of hydrogen-bond acceptors (Lipinski definition) is 4.